The Labute approximate surface area is 168 Å². The van der Waals surface area contributed by atoms with Gasteiger partial charge in [-0.25, -0.2) is 0 Å². The summed E-state index contributed by atoms with van der Waals surface area (Å²) in [5, 5.41) is 3.21. The van der Waals surface area contributed by atoms with Gasteiger partial charge in [0.2, 0.25) is 11.8 Å². The minimum atomic E-state index is 0.0353. The Balaban J connectivity index is 1.42. The van der Waals surface area contributed by atoms with E-state index in [0.717, 1.165) is 57.7 Å². The van der Waals surface area contributed by atoms with E-state index in [1.807, 2.05) is 23.1 Å². The van der Waals surface area contributed by atoms with Crippen LogP contribution in [0.25, 0.3) is 0 Å². The van der Waals surface area contributed by atoms with Crippen molar-refractivity contribution in [1.29, 1.82) is 0 Å². The zero-order valence-corrected chi connectivity index (χ0v) is 17.3. The van der Waals surface area contributed by atoms with Crippen LogP contribution >= 0.6 is 0 Å². The van der Waals surface area contributed by atoms with E-state index in [4.69, 9.17) is 0 Å². The zero-order chi connectivity index (χ0) is 19.9. The van der Waals surface area contributed by atoms with Crippen LogP contribution in [0.15, 0.2) is 30.3 Å². The Morgan fingerprint density at radius 1 is 0.893 bits per heavy atom. The van der Waals surface area contributed by atoms with Crippen molar-refractivity contribution < 1.29 is 9.59 Å². The second-order valence-corrected chi connectivity index (χ2v) is 8.34. The molecule has 2 heterocycles. The molecule has 0 aromatic heterocycles. The first kappa shape index (κ1) is 20.8. The molecule has 28 heavy (non-hydrogen) atoms. The van der Waals surface area contributed by atoms with Gasteiger partial charge < -0.3 is 10.2 Å². The highest BCUT2D eigenvalue weighted by atomic mass is 16.2. The molecule has 154 valence electrons. The van der Waals surface area contributed by atoms with Crippen LogP contribution in [0.5, 0.6) is 0 Å². The number of piperazine rings is 1. The SMILES string of the molecule is CC(C)C(NC(=O)CN1CCN(CC(=O)N2CCCC2)CC1)c1ccccc1. The number of amides is 2. The van der Waals surface area contributed by atoms with Crippen LogP contribution < -0.4 is 5.32 Å². The molecule has 6 nitrogen and oxygen atoms in total. The van der Waals surface area contributed by atoms with E-state index < -0.39 is 0 Å². The average Bonchev–Trinajstić information content (AvgIpc) is 3.23. The second-order valence-electron chi connectivity index (χ2n) is 8.34. The van der Waals surface area contributed by atoms with Crippen molar-refractivity contribution in [2.45, 2.75) is 32.7 Å². The standard InChI is InChI=1S/C22H34N4O2/c1-18(2)22(19-8-4-3-5-9-19)23-20(27)16-24-12-14-25(15-13-24)17-21(28)26-10-6-7-11-26/h3-5,8-9,18,22H,6-7,10-17H2,1-2H3,(H,23,27). The van der Waals surface area contributed by atoms with Gasteiger partial charge in [-0.2, -0.15) is 0 Å². The van der Waals surface area contributed by atoms with Crippen LogP contribution in [0.3, 0.4) is 0 Å². The van der Waals surface area contributed by atoms with Crippen LogP contribution in [0.1, 0.15) is 38.3 Å². The summed E-state index contributed by atoms with van der Waals surface area (Å²) in [4.78, 5) is 31.3. The fourth-order valence-electron chi connectivity index (χ4n) is 4.08. The summed E-state index contributed by atoms with van der Waals surface area (Å²) >= 11 is 0. The van der Waals surface area contributed by atoms with Gasteiger partial charge in [-0.15, -0.1) is 0 Å². The molecule has 6 heteroatoms. The highest BCUT2D eigenvalue weighted by Crippen LogP contribution is 2.21. The molecular weight excluding hydrogens is 352 g/mol. The minimum absolute atomic E-state index is 0.0353. The van der Waals surface area contributed by atoms with E-state index >= 15 is 0 Å². The van der Waals surface area contributed by atoms with E-state index in [1.54, 1.807) is 0 Å². The lowest BCUT2D eigenvalue weighted by Gasteiger charge is -2.35. The maximum atomic E-state index is 12.6. The molecule has 0 bridgehead atoms. The highest BCUT2D eigenvalue weighted by molar-refractivity contribution is 5.79. The van der Waals surface area contributed by atoms with Gasteiger partial charge in [-0.1, -0.05) is 44.2 Å². The number of carbonyl (C=O) groups is 2. The third-order valence-electron chi connectivity index (χ3n) is 5.79. The monoisotopic (exact) mass is 386 g/mol. The van der Waals surface area contributed by atoms with Gasteiger partial charge in [0.1, 0.15) is 0 Å². The third kappa shape index (κ3) is 5.79. The molecule has 0 radical (unpaired) electrons. The largest absolute Gasteiger partial charge is 0.348 e. The van der Waals surface area contributed by atoms with Crippen LogP contribution in [0, 0.1) is 5.92 Å². The molecule has 3 rings (SSSR count). The summed E-state index contributed by atoms with van der Waals surface area (Å²) in [6, 6.07) is 10.2. The molecule has 2 fully saturated rings. The number of nitrogens with zero attached hydrogens (tertiary/aromatic N) is 3. The zero-order valence-electron chi connectivity index (χ0n) is 17.3. The topological polar surface area (TPSA) is 55.9 Å². The van der Waals surface area contributed by atoms with Crippen molar-refractivity contribution >= 4 is 11.8 Å². The first-order chi connectivity index (χ1) is 13.5. The summed E-state index contributed by atoms with van der Waals surface area (Å²) in [7, 11) is 0. The molecule has 0 spiro atoms. The molecule has 1 atom stereocenters. The Morgan fingerprint density at radius 2 is 1.46 bits per heavy atom. The van der Waals surface area contributed by atoms with Gasteiger partial charge in [0.25, 0.3) is 0 Å². The van der Waals surface area contributed by atoms with Crippen molar-refractivity contribution in [3.8, 4) is 0 Å². The maximum Gasteiger partial charge on any atom is 0.236 e. The van der Waals surface area contributed by atoms with E-state index in [1.165, 1.54) is 0 Å². The molecule has 1 N–H and O–H groups in total. The van der Waals surface area contributed by atoms with Crippen LogP contribution in [-0.4, -0.2) is 78.9 Å². The Morgan fingerprint density at radius 3 is 2.04 bits per heavy atom. The van der Waals surface area contributed by atoms with E-state index in [0.29, 0.717) is 19.0 Å². The first-order valence-electron chi connectivity index (χ1n) is 10.6. The lowest BCUT2D eigenvalue weighted by molar-refractivity contribution is -0.132. The lowest BCUT2D eigenvalue weighted by Crippen LogP contribution is -2.52. The molecule has 2 aliphatic heterocycles. The van der Waals surface area contributed by atoms with E-state index in [2.05, 4.69) is 41.1 Å². The maximum absolute atomic E-state index is 12.6. The number of likely N-dealkylation sites (tertiary alicyclic amines) is 1. The number of benzene rings is 1. The fourth-order valence-corrected chi connectivity index (χ4v) is 4.08. The summed E-state index contributed by atoms with van der Waals surface area (Å²) in [5.74, 6) is 0.662. The minimum Gasteiger partial charge on any atom is -0.348 e. The number of nitrogens with one attached hydrogen (secondary N) is 1. The summed E-state index contributed by atoms with van der Waals surface area (Å²) < 4.78 is 0. The van der Waals surface area contributed by atoms with Gasteiger partial charge in [-0.3, -0.25) is 19.4 Å². The number of rotatable bonds is 7. The molecule has 0 aliphatic carbocycles. The number of hydrogen-bond acceptors (Lipinski definition) is 4. The van der Waals surface area contributed by atoms with Crippen molar-refractivity contribution in [3.05, 3.63) is 35.9 Å². The lowest BCUT2D eigenvalue weighted by atomic mass is 9.96. The van der Waals surface area contributed by atoms with E-state index in [9.17, 15) is 9.59 Å². The van der Waals surface area contributed by atoms with E-state index in [-0.39, 0.29) is 17.9 Å². The molecule has 2 saturated heterocycles. The van der Waals surface area contributed by atoms with Crippen molar-refractivity contribution in [2.24, 2.45) is 5.92 Å². The van der Waals surface area contributed by atoms with Gasteiger partial charge in [-0.05, 0) is 24.3 Å². The molecule has 1 aromatic carbocycles. The summed E-state index contributed by atoms with van der Waals surface area (Å²) in [6.45, 7) is 10.4. The summed E-state index contributed by atoms with van der Waals surface area (Å²) in [5.41, 5.74) is 1.15. The molecule has 1 aromatic rings. The van der Waals surface area contributed by atoms with Crippen LogP contribution in [-0.2, 0) is 9.59 Å². The summed E-state index contributed by atoms with van der Waals surface area (Å²) in [6.07, 6.45) is 2.27. The molecular formula is C22H34N4O2. The fraction of sp³-hybridized carbons (Fsp3) is 0.636. The molecule has 1 unspecified atom stereocenters. The van der Waals surface area contributed by atoms with Crippen molar-refractivity contribution in [2.75, 3.05) is 52.4 Å². The van der Waals surface area contributed by atoms with Gasteiger partial charge in [0.15, 0.2) is 0 Å². The Kier molecular flexibility index (Phi) is 7.45. The van der Waals surface area contributed by atoms with Crippen LogP contribution in [0.2, 0.25) is 0 Å². The third-order valence-corrected chi connectivity index (χ3v) is 5.79. The Bertz CT molecular complexity index is 635. The Hall–Kier alpha value is -1.92. The van der Waals surface area contributed by atoms with Gasteiger partial charge in [0.05, 0.1) is 19.1 Å². The van der Waals surface area contributed by atoms with Gasteiger partial charge in [0, 0.05) is 39.3 Å². The predicted octanol–water partition coefficient (Wildman–Crippen LogP) is 1.74. The highest BCUT2D eigenvalue weighted by Gasteiger charge is 2.25. The number of hydrogen-bond donors (Lipinski definition) is 1. The number of carbonyl (C=O) groups excluding carboxylic acids is 2. The van der Waals surface area contributed by atoms with Crippen LogP contribution in [0.4, 0.5) is 0 Å². The average molecular weight is 387 g/mol. The molecule has 2 amide bonds. The first-order valence-corrected chi connectivity index (χ1v) is 10.6. The second kappa shape index (κ2) is 10.0. The predicted molar refractivity (Wildman–Crippen MR) is 111 cm³/mol. The normalized spacial score (nSPS) is 19.8. The van der Waals surface area contributed by atoms with Crippen molar-refractivity contribution in [1.82, 2.24) is 20.0 Å². The smallest absolute Gasteiger partial charge is 0.236 e. The molecule has 2 aliphatic rings. The molecule has 0 saturated carbocycles. The van der Waals surface area contributed by atoms with Gasteiger partial charge >= 0.3 is 0 Å². The van der Waals surface area contributed by atoms with Crippen molar-refractivity contribution in [3.63, 3.8) is 0 Å². The quantitative estimate of drug-likeness (QED) is 0.776.